The highest BCUT2D eigenvalue weighted by molar-refractivity contribution is 7.86. The highest BCUT2D eigenvalue weighted by atomic mass is 32.2. The zero-order chi connectivity index (χ0) is 30.9. The Labute approximate surface area is 247 Å². The minimum atomic E-state index is -5.83. The standard InChI is InChI=1S/C28H36F2O12S/c1-13(28(29,30)43(35,36)37)39-19(31)11-38-12-20(32)40-23-17-10-16-21(25(33)41-24(16)23)22(17)26(34)42-27(6-2-3-7-27)18-9-14-4-5-15(18)8-14/h13-18,21-24H,2-12H2,1H3,(H,35,36,37). The number of carbonyl (C=O) groups is 4. The first-order valence-corrected chi connectivity index (χ1v) is 16.4. The van der Waals surface area contributed by atoms with E-state index in [0.717, 1.165) is 38.5 Å². The van der Waals surface area contributed by atoms with Crippen LogP contribution in [0.25, 0.3) is 0 Å². The molecule has 6 rings (SSSR count). The van der Waals surface area contributed by atoms with E-state index in [0.29, 0.717) is 31.1 Å². The molecule has 12 nitrogen and oxygen atoms in total. The van der Waals surface area contributed by atoms with E-state index < -0.39 is 94.1 Å². The lowest BCUT2D eigenvalue weighted by Crippen LogP contribution is -2.48. The number of alkyl halides is 2. The molecule has 15 heteroatoms. The van der Waals surface area contributed by atoms with Crippen molar-refractivity contribution in [2.45, 2.75) is 93.9 Å². The summed E-state index contributed by atoms with van der Waals surface area (Å²) in [6.45, 7) is -1.21. The number of halogens is 2. The van der Waals surface area contributed by atoms with Crippen LogP contribution in [0.4, 0.5) is 8.78 Å². The minimum absolute atomic E-state index is 0.295. The molecule has 10 unspecified atom stereocenters. The average Bonchev–Trinajstić information content (AvgIpc) is 3.76. The van der Waals surface area contributed by atoms with Gasteiger partial charge in [-0.05, 0) is 70.1 Å². The van der Waals surface area contributed by atoms with Gasteiger partial charge in [0.05, 0.1) is 11.8 Å². The number of hydrogen-bond donors (Lipinski definition) is 1. The van der Waals surface area contributed by atoms with Gasteiger partial charge in [-0.15, -0.1) is 0 Å². The average molecular weight is 635 g/mol. The van der Waals surface area contributed by atoms with E-state index in [1.54, 1.807) is 0 Å². The van der Waals surface area contributed by atoms with Crippen molar-refractivity contribution in [2.24, 2.45) is 41.4 Å². The van der Waals surface area contributed by atoms with Crippen LogP contribution in [-0.4, -0.2) is 79.2 Å². The van der Waals surface area contributed by atoms with Gasteiger partial charge in [-0.2, -0.15) is 17.2 Å². The Hall–Kier alpha value is -2.39. The summed E-state index contributed by atoms with van der Waals surface area (Å²) in [6.07, 6.45) is 4.55. The van der Waals surface area contributed by atoms with Gasteiger partial charge >= 0.3 is 39.2 Å². The maximum atomic E-state index is 13.8. The fraction of sp³-hybridized carbons (Fsp3) is 0.857. The van der Waals surface area contributed by atoms with Gasteiger partial charge in [0.1, 0.15) is 31.0 Å². The molecule has 240 valence electrons. The van der Waals surface area contributed by atoms with Gasteiger partial charge in [0.15, 0.2) is 6.10 Å². The summed E-state index contributed by atoms with van der Waals surface area (Å²) in [4.78, 5) is 51.1. The molecule has 5 aliphatic carbocycles. The zero-order valence-corrected chi connectivity index (χ0v) is 24.5. The number of ether oxygens (including phenoxy) is 5. The summed E-state index contributed by atoms with van der Waals surface area (Å²) in [7, 11) is -5.83. The van der Waals surface area contributed by atoms with Crippen LogP contribution < -0.4 is 0 Å². The van der Waals surface area contributed by atoms with Crippen LogP contribution in [0.5, 0.6) is 0 Å². The van der Waals surface area contributed by atoms with Crippen LogP contribution in [0.1, 0.15) is 64.7 Å². The third kappa shape index (κ3) is 5.22. The second-order valence-electron chi connectivity index (χ2n) is 13.1. The molecule has 1 saturated heterocycles. The smallest absolute Gasteiger partial charge is 0.405 e. The molecule has 1 aliphatic heterocycles. The van der Waals surface area contributed by atoms with Crippen molar-refractivity contribution in [1.29, 1.82) is 0 Å². The van der Waals surface area contributed by atoms with Crippen LogP contribution in [0.2, 0.25) is 0 Å². The van der Waals surface area contributed by atoms with E-state index in [2.05, 4.69) is 4.74 Å². The van der Waals surface area contributed by atoms with Crippen LogP contribution in [0, 0.1) is 41.4 Å². The summed E-state index contributed by atoms with van der Waals surface area (Å²) in [5.41, 5.74) is -0.516. The summed E-state index contributed by atoms with van der Waals surface area (Å²) in [5.74, 6) is -3.94. The molecule has 0 aromatic rings. The Bertz CT molecular complexity index is 1280. The molecule has 6 fully saturated rings. The first-order chi connectivity index (χ1) is 20.2. The molecule has 6 aliphatic rings. The molecule has 4 bridgehead atoms. The first kappa shape index (κ1) is 30.6. The fourth-order valence-corrected chi connectivity index (χ4v) is 9.53. The van der Waals surface area contributed by atoms with Gasteiger partial charge in [-0.25, -0.2) is 9.59 Å². The Balaban J connectivity index is 1.05. The van der Waals surface area contributed by atoms with E-state index in [-0.39, 0.29) is 5.92 Å². The van der Waals surface area contributed by atoms with Crippen molar-refractivity contribution in [2.75, 3.05) is 13.2 Å². The lowest BCUT2D eigenvalue weighted by atomic mass is 9.74. The van der Waals surface area contributed by atoms with Crippen molar-refractivity contribution in [1.82, 2.24) is 0 Å². The predicted octanol–water partition coefficient (Wildman–Crippen LogP) is 2.43. The highest BCUT2D eigenvalue weighted by Crippen LogP contribution is 2.61. The first-order valence-electron chi connectivity index (χ1n) is 15.0. The number of esters is 4. The molecule has 0 radical (unpaired) electrons. The molecular formula is C28H36F2O12S. The van der Waals surface area contributed by atoms with Gasteiger partial charge < -0.3 is 23.7 Å². The van der Waals surface area contributed by atoms with E-state index in [9.17, 15) is 36.4 Å². The van der Waals surface area contributed by atoms with E-state index >= 15 is 0 Å². The van der Waals surface area contributed by atoms with E-state index in [4.69, 9.17) is 23.5 Å². The predicted molar refractivity (Wildman–Crippen MR) is 137 cm³/mol. The van der Waals surface area contributed by atoms with E-state index in [1.807, 2.05) is 0 Å². The number of rotatable bonds is 11. The topological polar surface area (TPSA) is 169 Å². The molecule has 10 atom stereocenters. The van der Waals surface area contributed by atoms with Crippen molar-refractivity contribution in [3.8, 4) is 0 Å². The maximum absolute atomic E-state index is 13.8. The molecule has 1 heterocycles. The van der Waals surface area contributed by atoms with Crippen LogP contribution in [0.3, 0.4) is 0 Å². The van der Waals surface area contributed by atoms with Gasteiger partial charge in [-0.3, -0.25) is 14.1 Å². The summed E-state index contributed by atoms with van der Waals surface area (Å²) >= 11 is 0. The number of fused-ring (bicyclic) bond motifs is 3. The van der Waals surface area contributed by atoms with Crippen molar-refractivity contribution < 1.29 is 64.6 Å². The number of hydrogen-bond acceptors (Lipinski definition) is 11. The van der Waals surface area contributed by atoms with Crippen molar-refractivity contribution in [3.05, 3.63) is 0 Å². The molecule has 5 saturated carbocycles. The Morgan fingerprint density at radius 2 is 1.77 bits per heavy atom. The Morgan fingerprint density at radius 3 is 2.40 bits per heavy atom. The van der Waals surface area contributed by atoms with Crippen LogP contribution >= 0.6 is 0 Å². The molecule has 0 aromatic carbocycles. The van der Waals surface area contributed by atoms with Gasteiger partial charge in [0.25, 0.3) is 0 Å². The monoisotopic (exact) mass is 634 g/mol. The van der Waals surface area contributed by atoms with Crippen molar-refractivity contribution in [3.63, 3.8) is 0 Å². The summed E-state index contributed by atoms with van der Waals surface area (Å²) in [6, 6.07) is 0. The normalized spacial score (nSPS) is 37.8. The Morgan fingerprint density at radius 1 is 1.07 bits per heavy atom. The molecule has 0 spiro atoms. The van der Waals surface area contributed by atoms with Gasteiger partial charge in [0, 0.05) is 17.8 Å². The Kier molecular flexibility index (Phi) is 7.76. The van der Waals surface area contributed by atoms with Gasteiger partial charge in [0.2, 0.25) is 0 Å². The van der Waals surface area contributed by atoms with Crippen LogP contribution in [-0.2, 0) is 53.0 Å². The zero-order valence-electron chi connectivity index (χ0n) is 23.7. The molecule has 43 heavy (non-hydrogen) atoms. The molecule has 0 amide bonds. The quantitative estimate of drug-likeness (QED) is 0.200. The second-order valence-corrected chi connectivity index (χ2v) is 14.6. The number of carbonyl (C=O) groups excluding carboxylic acids is 4. The third-order valence-electron chi connectivity index (χ3n) is 10.8. The lowest BCUT2D eigenvalue weighted by molar-refractivity contribution is -0.183. The lowest BCUT2D eigenvalue weighted by Gasteiger charge is -2.41. The van der Waals surface area contributed by atoms with E-state index in [1.165, 1.54) is 12.8 Å². The highest BCUT2D eigenvalue weighted by Gasteiger charge is 2.71. The molecule has 0 aromatic heterocycles. The largest absolute Gasteiger partial charge is 0.459 e. The minimum Gasteiger partial charge on any atom is -0.459 e. The SMILES string of the molecule is CC(OC(=O)COCC(=O)OC1C2CC3C1OC(=O)C3C2C(=O)OC1(C2CC3CCC2C3)CCCC1)C(F)(F)S(=O)(=O)O. The maximum Gasteiger partial charge on any atom is 0.405 e. The third-order valence-corrected chi connectivity index (χ3v) is 11.8. The van der Waals surface area contributed by atoms with Gasteiger partial charge in [-0.1, -0.05) is 6.42 Å². The fourth-order valence-electron chi connectivity index (χ4n) is 9.06. The summed E-state index contributed by atoms with van der Waals surface area (Å²) < 4.78 is 84.0. The van der Waals surface area contributed by atoms with Crippen LogP contribution in [0.15, 0.2) is 0 Å². The van der Waals surface area contributed by atoms with Crippen molar-refractivity contribution >= 4 is 34.0 Å². The second kappa shape index (κ2) is 10.9. The summed E-state index contributed by atoms with van der Waals surface area (Å²) in [5, 5.41) is -4.74. The molecule has 1 N–H and O–H groups in total. The molecular weight excluding hydrogens is 598 g/mol.